The monoisotopic (exact) mass is 339 g/mol. The fraction of sp³-hybridized carbons (Fsp3) is 0.588. The molecular formula is C17H25NO4S. The summed E-state index contributed by atoms with van der Waals surface area (Å²) in [5, 5.41) is 0. The van der Waals surface area contributed by atoms with Crippen molar-refractivity contribution in [2.75, 3.05) is 18.8 Å². The standard InChI is InChI=1S/C17H25NO4S/c1-17(2,3)22-16(19)18-11-7-8-14(12-18)13-23(20,21)15-9-5-4-6-10-15/h4-6,9-10,14H,7-8,11-13H2,1-3H3. The zero-order valence-electron chi connectivity index (χ0n) is 14.0. The van der Waals surface area contributed by atoms with E-state index in [1.165, 1.54) is 0 Å². The molecule has 1 aromatic rings. The van der Waals surface area contributed by atoms with Gasteiger partial charge in [-0.2, -0.15) is 0 Å². The maximum absolute atomic E-state index is 12.5. The molecule has 0 N–H and O–H groups in total. The second-order valence-electron chi connectivity index (χ2n) is 7.03. The zero-order valence-corrected chi connectivity index (χ0v) is 14.8. The number of piperidine rings is 1. The highest BCUT2D eigenvalue weighted by Crippen LogP contribution is 2.23. The van der Waals surface area contributed by atoms with E-state index in [4.69, 9.17) is 4.74 Å². The molecule has 6 heteroatoms. The smallest absolute Gasteiger partial charge is 0.410 e. The highest BCUT2D eigenvalue weighted by Gasteiger charge is 2.30. The van der Waals surface area contributed by atoms with Crippen molar-refractivity contribution in [1.29, 1.82) is 0 Å². The van der Waals surface area contributed by atoms with E-state index in [-0.39, 0.29) is 17.8 Å². The van der Waals surface area contributed by atoms with Gasteiger partial charge in [-0.15, -0.1) is 0 Å². The fourth-order valence-electron chi connectivity index (χ4n) is 2.73. The molecule has 1 saturated heterocycles. The molecule has 1 fully saturated rings. The van der Waals surface area contributed by atoms with Gasteiger partial charge in [-0.25, -0.2) is 13.2 Å². The minimum Gasteiger partial charge on any atom is -0.444 e. The molecule has 0 bridgehead atoms. The number of benzene rings is 1. The van der Waals surface area contributed by atoms with Gasteiger partial charge in [-0.1, -0.05) is 18.2 Å². The van der Waals surface area contributed by atoms with Crippen molar-refractivity contribution in [1.82, 2.24) is 4.90 Å². The van der Waals surface area contributed by atoms with Gasteiger partial charge in [0.15, 0.2) is 9.84 Å². The Morgan fingerprint density at radius 1 is 1.26 bits per heavy atom. The van der Waals surface area contributed by atoms with Gasteiger partial charge < -0.3 is 9.64 Å². The summed E-state index contributed by atoms with van der Waals surface area (Å²) in [6.07, 6.45) is 1.25. The zero-order chi connectivity index (χ0) is 17.1. The van der Waals surface area contributed by atoms with Crippen LogP contribution < -0.4 is 0 Å². The highest BCUT2D eigenvalue weighted by atomic mass is 32.2. The number of rotatable bonds is 3. The van der Waals surface area contributed by atoms with Crippen LogP contribution >= 0.6 is 0 Å². The lowest BCUT2D eigenvalue weighted by molar-refractivity contribution is 0.0176. The van der Waals surface area contributed by atoms with Crippen LogP contribution in [0.1, 0.15) is 33.6 Å². The van der Waals surface area contributed by atoms with Crippen LogP contribution in [0.15, 0.2) is 35.2 Å². The summed E-state index contributed by atoms with van der Waals surface area (Å²) in [5.74, 6) is 0.0116. The molecule has 1 aliphatic heterocycles. The van der Waals surface area contributed by atoms with Crippen molar-refractivity contribution < 1.29 is 17.9 Å². The first-order valence-corrected chi connectivity index (χ1v) is 9.58. The molecule has 0 aliphatic carbocycles. The molecule has 1 aliphatic rings. The van der Waals surface area contributed by atoms with Gasteiger partial charge in [0.2, 0.25) is 0 Å². The molecule has 1 heterocycles. The first-order chi connectivity index (χ1) is 10.7. The lowest BCUT2D eigenvalue weighted by atomic mass is 10.0. The number of likely N-dealkylation sites (tertiary alicyclic amines) is 1. The van der Waals surface area contributed by atoms with Crippen molar-refractivity contribution >= 4 is 15.9 Å². The van der Waals surface area contributed by atoms with E-state index in [2.05, 4.69) is 0 Å². The number of hydrogen-bond acceptors (Lipinski definition) is 4. The summed E-state index contributed by atoms with van der Waals surface area (Å²) in [5.41, 5.74) is -0.542. The van der Waals surface area contributed by atoms with E-state index in [1.807, 2.05) is 20.8 Å². The maximum atomic E-state index is 12.5. The Morgan fingerprint density at radius 2 is 1.91 bits per heavy atom. The Bertz CT molecular complexity index is 634. The SMILES string of the molecule is CC(C)(C)OC(=O)N1CCCC(CS(=O)(=O)c2ccccc2)C1. The van der Waals surface area contributed by atoms with Crippen molar-refractivity contribution in [3.63, 3.8) is 0 Å². The number of sulfone groups is 1. The van der Waals surface area contributed by atoms with Crippen LogP contribution in [0.4, 0.5) is 4.79 Å². The van der Waals surface area contributed by atoms with Crippen molar-refractivity contribution in [3.05, 3.63) is 30.3 Å². The summed E-state index contributed by atoms with van der Waals surface area (Å²) in [6, 6.07) is 8.47. The number of carbonyl (C=O) groups is 1. The quantitative estimate of drug-likeness (QED) is 0.849. The Labute approximate surface area is 138 Å². The van der Waals surface area contributed by atoms with Gasteiger partial charge in [0.1, 0.15) is 5.60 Å². The molecular weight excluding hydrogens is 314 g/mol. The summed E-state index contributed by atoms with van der Waals surface area (Å²) < 4.78 is 30.3. The molecule has 23 heavy (non-hydrogen) atoms. The molecule has 5 nitrogen and oxygen atoms in total. The van der Waals surface area contributed by atoms with Gasteiger partial charge >= 0.3 is 6.09 Å². The molecule has 0 spiro atoms. The maximum Gasteiger partial charge on any atom is 0.410 e. The number of nitrogens with zero attached hydrogens (tertiary/aromatic N) is 1. The molecule has 1 atom stereocenters. The molecule has 0 aromatic heterocycles. The average molecular weight is 339 g/mol. The predicted octanol–water partition coefficient (Wildman–Crippen LogP) is 3.11. The third kappa shape index (κ3) is 5.23. The van der Waals surface area contributed by atoms with Gasteiger partial charge in [0.25, 0.3) is 0 Å². The van der Waals surface area contributed by atoms with E-state index >= 15 is 0 Å². The molecule has 128 valence electrons. The summed E-state index contributed by atoms with van der Waals surface area (Å²) in [7, 11) is -3.32. The number of ether oxygens (including phenoxy) is 1. The fourth-order valence-corrected chi connectivity index (χ4v) is 4.38. The lowest BCUT2D eigenvalue weighted by Crippen LogP contribution is -2.44. The van der Waals surface area contributed by atoms with E-state index < -0.39 is 15.4 Å². The van der Waals surface area contributed by atoms with Crippen LogP contribution in [0, 0.1) is 5.92 Å². The van der Waals surface area contributed by atoms with Crippen LogP contribution in [-0.2, 0) is 14.6 Å². The van der Waals surface area contributed by atoms with Crippen LogP contribution in [0.5, 0.6) is 0 Å². The highest BCUT2D eigenvalue weighted by molar-refractivity contribution is 7.91. The molecule has 1 unspecified atom stereocenters. The number of hydrogen-bond donors (Lipinski definition) is 0. The second-order valence-corrected chi connectivity index (χ2v) is 9.06. The van der Waals surface area contributed by atoms with Crippen LogP contribution in [0.3, 0.4) is 0 Å². The predicted molar refractivity (Wildman–Crippen MR) is 89.0 cm³/mol. The Balaban J connectivity index is 2.00. The van der Waals surface area contributed by atoms with Gasteiger partial charge in [0, 0.05) is 13.1 Å². The largest absolute Gasteiger partial charge is 0.444 e. The molecule has 1 amide bonds. The van der Waals surface area contributed by atoms with Crippen molar-refractivity contribution in [2.45, 2.75) is 44.1 Å². The minimum absolute atomic E-state index is 0.0542. The van der Waals surface area contributed by atoms with Crippen molar-refractivity contribution in [3.8, 4) is 0 Å². The van der Waals surface area contributed by atoms with Gasteiger partial charge in [-0.05, 0) is 51.7 Å². The number of carbonyl (C=O) groups excluding carboxylic acids is 1. The van der Waals surface area contributed by atoms with Gasteiger partial charge in [0.05, 0.1) is 10.6 Å². The van der Waals surface area contributed by atoms with Gasteiger partial charge in [-0.3, -0.25) is 0 Å². The topological polar surface area (TPSA) is 63.7 Å². The Kier molecular flexibility index (Phi) is 5.34. The van der Waals surface area contributed by atoms with Crippen LogP contribution in [0.25, 0.3) is 0 Å². The van der Waals surface area contributed by atoms with E-state index in [0.29, 0.717) is 18.0 Å². The van der Waals surface area contributed by atoms with E-state index in [0.717, 1.165) is 12.8 Å². The Hall–Kier alpha value is -1.56. The summed E-state index contributed by atoms with van der Waals surface area (Å²) in [6.45, 7) is 6.53. The summed E-state index contributed by atoms with van der Waals surface area (Å²) in [4.78, 5) is 14.1. The van der Waals surface area contributed by atoms with Crippen molar-refractivity contribution in [2.24, 2.45) is 5.92 Å². The van der Waals surface area contributed by atoms with Crippen LogP contribution in [-0.4, -0.2) is 43.9 Å². The third-order valence-corrected chi connectivity index (χ3v) is 5.63. The first-order valence-electron chi connectivity index (χ1n) is 7.93. The lowest BCUT2D eigenvalue weighted by Gasteiger charge is -2.34. The molecule has 1 aromatic carbocycles. The summed E-state index contributed by atoms with van der Waals surface area (Å²) >= 11 is 0. The molecule has 0 saturated carbocycles. The second kappa shape index (κ2) is 6.91. The molecule has 2 rings (SSSR count). The van der Waals surface area contributed by atoms with Crippen LogP contribution in [0.2, 0.25) is 0 Å². The minimum atomic E-state index is -3.32. The van der Waals surface area contributed by atoms with E-state index in [9.17, 15) is 13.2 Å². The average Bonchev–Trinajstić information content (AvgIpc) is 2.46. The number of amides is 1. The normalized spacial score (nSPS) is 19.4. The molecule has 0 radical (unpaired) electrons. The first kappa shape index (κ1) is 17.8. The Morgan fingerprint density at radius 3 is 2.52 bits per heavy atom. The van der Waals surface area contributed by atoms with E-state index in [1.54, 1.807) is 35.2 Å². The third-order valence-electron chi connectivity index (χ3n) is 3.73.